The Morgan fingerprint density at radius 3 is 2.67 bits per heavy atom. The van der Waals surface area contributed by atoms with E-state index in [1.807, 2.05) is 39.0 Å². The highest BCUT2D eigenvalue weighted by molar-refractivity contribution is 5.79. The lowest BCUT2D eigenvalue weighted by molar-refractivity contribution is 0.0263. The molecule has 0 saturated carbocycles. The lowest BCUT2D eigenvalue weighted by atomic mass is 10.2. The quantitative estimate of drug-likeness (QED) is 0.823. The molecule has 0 atom stereocenters. The van der Waals surface area contributed by atoms with Crippen LogP contribution in [0.25, 0.3) is 11.0 Å². The summed E-state index contributed by atoms with van der Waals surface area (Å²) in [7, 11) is 1.71. The first kappa shape index (κ1) is 19.5. The summed E-state index contributed by atoms with van der Waals surface area (Å²) in [5, 5.41) is 0. The van der Waals surface area contributed by atoms with Gasteiger partial charge in [0.05, 0.1) is 17.6 Å². The number of para-hydroxylation sites is 2. The number of nitrogens with zero attached hydrogens (tertiary/aromatic N) is 4. The third-order valence-electron chi connectivity index (χ3n) is 4.58. The topological polar surface area (TPSA) is 59.8 Å². The van der Waals surface area contributed by atoms with E-state index in [1.54, 1.807) is 12.0 Å². The van der Waals surface area contributed by atoms with Crippen LogP contribution in [0.5, 0.6) is 0 Å². The summed E-state index contributed by atoms with van der Waals surface area (Å²) in [5.74, 6) is 0.944. The average Bonchev–Trinajstić information content (AvgIpc) is 2.80. The zero-order valence-corrected chi connectivity index (χ0v) is 16.8. The maximum absolute atomic E-state index is 12.4. The number of imidazole rings is 1. The number of amides is 1. The van der Waals surface area contributed by atoms with Crippen molar-refractivity contribution < 1.29 is 14.3 Å². The lowest BCUT2D eigenvalue weighted by Gasteiger charge is -2.26. The zero-order chi connectivity index (χ0) is 19.4. The van der Waals surface area contributed by atoms with Crippen molar-refractivity contribution in [3.63, 3.8) is 0 Å². The van der Waals surface area contributed by atoms with Gasteiger partial charge in [-0.2, -0.15) is 0 Å². The van der Waals surface area contributed by atoms with Crippen LogP contribution in [0.15, 0.2) is 24.3 Å². The van der Waals surface area contributed by atoms with Crippen LogP contribution in [-0.4, -0.2) is 66.0 Å². The van der Waals surface area contributed by atoms with Crippen molar-refractivity contribution in [2.45, 2.75) is 39.3 Å². The summed E-state index contributed by atoms with van der Waals surface area (Å²) < 4.78 is 13.0. The van der Waals surface area contributed by atoms with E-state index in [0.717, 1.165) is 43.0 Å². The number of anilines is 1. The van der Waals surface area contributed by atoms with Gasteiger partial charge in [-0.3, -0.25) is 0 Å². The number of ether oxygens (including phenoxy) is 2. The monoisotopic (exact) mass is 374 g/mol. The van der Waals surface area contributed by atoms with Crippen LogP contribution in [0.3, 0.4) is 0 Å². The molecule has 1 saturated heterocycles. The van der Waals surface area contributed by atoms with Crippen LogP contribution in [0.1, 0.15) is 27.2 Å². The van der Waals surface area contributed by atoms with E-state index in [-0.39, 0.29) is 6.09 Å². The fourth-order valence-corrected chi connectivity index (χ4v) is 3.33. The van der Waals surface area contributed by atoms with Crippen molar-refractivity contribution in [3.8, 4) is 0 Å². The third kappa shape index (κ3) is 4.71. The number of benzene rings is 1. The Bertz CT molecular complexity index is 781. The van der Waals surface area contributed by atoms with Crippen LogP contribution < -0.4 is 4.90 Å². The van der Waals surface area contributed by atoms with E-state index in [1.165, 1.54) is 0 Å². The average molecular weight is 374 g/mol. The Hall–Kier alpha value is -2.28. The highest BCUT2D eigenvalue weighted by atomic mass is 16.6. The van der Waals surface area contributed by atoms with Gasteiger partial charge < -0.3 is 23.8 Å². The van der Waals surface area contributed by atoms with Gasteiger partial charge in [0.2, 0.25) is 5.95 Å². The minimum absolute atomic E-state index is 0.239. The molecule has 0 unspecified atom stereocenters. The SMILES string of the molecule is COCCn1c(N2CCCN(C(=O)OC(C)(C)C)CC2)nc2ccccc21. The summed E-state index contributed by atoms with van der Waals surface area (Å²) in [6, 6.07) is 8.16. The second kappa shape index (κ2) is 8.17. The van der Waals surface area contributed by atoms with Crippen molar-refractivity contribution in [1.82, 2.24) is 14.5 Å². The van der Waals surface area contributed by atoms with Crippen LogP contribution >= 0.6 is 0 Å². The standard InChI is InChI=1S/C20H30N4O3/c1-20(2,3)27-19(25)23-11-7-10-22(12-13-23)18-21-16-8-5-6-9-17(16)24(18)14-15-26-4/h5-6,8-9H,7,10-15H2,1-4H3. The molecule has 1 amide bonds. The summed E-state index contributed by atoms with van der Waals surface area (Å²) in [5.41, 5.74) is 1.62. The Labute approximate surface area is 160 Å². The maximum Gasteiger partial charge on any atom is 0.410 e. The first-order chi connectivity index (χ1) is 12.9. The fourth-order valence-electron chi connectivity index (χ4n) is 3.33. The Morgan fingerprint density at radius 1 is 1.15 bits per heavy atom. The molecule has 0 aliphatic carbocycles. The zero-order valence-electron chi connectivity index (χ0n) is 16.8. The summed E-state index contributed by atoms with van der Waals surface area (Å²) in [6.07, 6.45) is 0.643. The molecule has 2 heterocycles. The molecule has 0 bridgehead atoms. The molecule has 1 aromatic carbocycles. The van der Waals surface area contributed by atoms with Crippen LogP contribution in [0.2, 0.25) is 0 Å². The van der Waals surface area contributed by atoms with Crippen molar-refractivity contribution in [2.75, 3.05) is 44.8 Å². The first-order valence-electron chi connectivity index (χ1n) is 9.56. The van der Waals surface area contributed by atoms with E-state index >= 15 is 0 Å². The van der Waals surface area contributed by atoms with E-state index in [0.29, 0.717) is 19.7 Å². The normalized spacial score (nSPS) is 15.9. The van der Waals surface area contributed by atoms with E-state index in [4.69, 9.17) is 14.5 Å². The van der Waals surface area contributed by atoms with Gasteiger partial charge in [0.25, 0.3) is 0 Å². The third-order valence-corrected chi connectivity index (χ3v) is 4.58. The van der Waals surface area contributed by atoms with Gasteiger partial charge >= 0.3 is 6.09 Å². The first-order valence-corrected chi connectivity index (χ1v) is 9.56. The highest BCUT2D eigenvalue weighted by Gasteiger charge is 2.26. The predicted molar refractivity (Wildman–Crippen MR) is 106 cm³/mol. The highest BCUT2D eigenvalue weighted by Crippen LogP contribution is 2.24. The van der Waals surface area contributed by atoms with E-state index in [9.17, 15) is 4.79 Å². The molecule has 1 aromatic heterocycles. The molecule has 0 N–H and O–H groups in total. The number of hydrogen-bond donors (Lipinski definition) is 0. The Kier molecular flexibility index (Phi) is 5.89. The molecule has 2 aromatic rings. The summed E-state index contributed by atoms with van der Waals surface area (Å²) >= 11 is 0. The number of hydrogen-bond acceptors (Lipinski definition) is 5. The smallest absolute Gasteiger partial charge is 0.410 e. The largest absolute Gasteiger partial charge is 0.444 e. The fraction of sp³-hybridized carbons (Fsp3) is 0.600. The lowest BCUT2D eigenvalue weighted by Crippen LogP contribution is -2.39. The summed E-state index contributed by atoms with van der Waals surface area (Å²) in [4.78, 5) is 21.3. The molecule has 1 aliphatic rings. The van der Waals surface area contributed by atoms with Crippen LogP contribution in [0, 0.1) is 0 Å². The van der Waals surface area contributed by atoms with Crippen molar-refractivity contribution in [3.05, 3.63) is 24.3 Å². The van der Waals surface area contributed by atoms with Gasteiger partial charge in [0.1, 0.15) is 5.60 Å². The molecule has 7 heteroatoms. The minimum Gasteiger partial charge on any atom is -0.444 e. The van der Waals surface area contributed by atoms with Crippen molar-refractivity contribution in [1.29, 1.82) is 0 Å². The molecule has 27 heavy (non-hydrogen) atoms. The van der Waals surface area contributed by atoms with Gasteiger partial charge in [-0.05, 0) is 39.3 Å². The molecule has 0 spiro atoms. The molecule has 3 rings (SSSR count). The van der Waals surface area contributed by atoms with E-state index in [2.05, 4.69) is 15.5 Å². The second-order valence-corrected chi connectivity index (χ2v) is 7.85. The van der Waals surface area contributed by atoms with Gasteiger partial charge in [0.15, 0.2) is 0 Å². The molecular formula is C20H30N4O3. The molecule has 7 nitrogen and oxygen atoms in total. The van der Waals surface area contributed by atoms with Gasteiger partial charge in [-0.1, -0.05) is 12.1 Å². The maximum atomic E-state index is 12.4. The number of carbonyl (C=O) groups is 1. The van der Waals surface area contributed by atoms with Gasteiger partial charge in [-0.15, -0.1) is 0 Å². The number of aromatic nitrogens is 2. The van der Waals surface area contributed by atoms with Gasteiger partial charge in [-0.25, -0.2) is 9.78 Å². The van der Waals surface area contributed by atoms with Gasteiger partial charge in [0, 0.05) is 39.8 Å². The molecule has 148 valence electrons. The predicted octanol–water partition coefficient (Wildman–Crippen LogP) is 3.13. The van der Waals surface area contributed by atoms with E-state index < -0.39 is 5.60 Å². The van der Waals surface area contributed by atoms with Crippen molar-refractivity contribution >= 4 is 23.1 Å². The number of carbonyl (C=O) groups excluding carboxylic acids is 1. The Balaban J connectivity index is 1.78. The summed E-state index contributed by atoms with van der Waals surface area (Å²) in [6.45, 7) is 9.98. The number of rotatable bonds is 4. The molecular weight excluding hydrogens is 344 g/mol. The molecule has 1 fully saturated rings. The number of methoxy groups -OCH3 is 1. The van der Waals surface area contributed by atoms with Crippen LogP contribution in [0.4, 0.5) is 10.7 Å². The molecule has 1 aliphatic heterocycles. The molecule has 0 radical (unpaired) electrons. The number of fused-ring (bicyclic) bond motifs is 1. The van der Waals surface area contributed by atoms with Crippen molar-refractivity contribution in [2.24, 2.45) is 0 Å². The minimum atomic E-state index is -0.475. The van der Waals surface area contributed by atoms with Crippen LogP contribution in [-0.2, 0) is 16.0 Å². The Morgan fingerprint density at radius 2 is 1.93 bits per heavy atom. The second-order valence-electron chi connectivity index (χ2n) is 7.85.